The number of ether oxygens (including phenoxy) is 1. The number of carbonyl (C=O) groups is 1. The molecule has 0 aliphatic rings. The number of hydrogen-bond acceptors (Lipinski definition) is 7. The van der Waals surface area contributed by atoms with E-state index >= 15 is 0 Å². The number of methoxy groups -OCH3 is 1. The van der Waals surface area contributed by atoms with Crippen LogP contribution >= 0.6 is 11.6 Å². The Labute approximate surface area is 196 Å². The van der Waals surface area contributed by atoms with E-state index in [0.717, 1.165) is 10.9 Å². The second-order valence-corrected chi connectivity index (χ2v) is 8.07. The lowest BCUT2D eigenvalue weighted by Crippen LogP contribution is -2.18. The number of pyridine rings is 1. The molecule has 9 nitrogen and oxygen atoms in total. The van der Waals surface area contributed by atoms with E-state index in [-0.39, 0.29) is 35.3 Å². The molecule has 4 rings (SSSR count). The Balaban J connectivity index is 1.63. The van der Waals surface area contributed by atoms with Gasteiger partial charge in [-0.25, -0.2) is 14.5 Å². The molecule has 0 aliphatic carbocycles. The molecule has 0 aromatic carbocycles. The summed E-state index contributed by atoms with van der Waals surface area (Å²) in [6.45, 7) is 2.27. The average Bonchev–Trinajstić information content (AvgIpc) is 3.42. The molecule has 0 bridgehead atoms. The summed E-state index contributed by atoms with van der Waals surface area (Å²) in [6.07, 6.45) is 0.254. The number of carbonyl (C=O) groups excluding carboxylic acids is 1. The Morgan fingerprint density at radius 2 is 1.88 bits per heavy atom. The van der Waals surface area contributed by atoms with Gasteiger partial charge in [0.2, 0.25) is 0 Å². The minimum atomic E-state index is -4.70. The number of nitrogens with zero attached hydrogens (tertiary/aromatic N) is 7. The number of ketones is 1. The highest BCUT2D eigenvalue weighted by molar-refractivity contribution is 6.29. The van der Waals surface area contributed by atoms with Gasteiger partial charge in [0.1, 0.15) is 11.3 Å². The van der Waals surface area contributed by atoms with Crippen molar-refractivity contribution >= 4 is 23.0 Å². The van der Waals surface area contributed by atoms with Crippen LogP contribution in [0.3, 0.4) is 0 Å². The smallest absolute Gasteiger partial charge is 0.384 e. The minimum Gasteiger partial charge on any atom is -0.384 e. The van der Waals surface area contributed by atoms with Gasteiger partial charge in [-0.15, -0.1) is 4.80 Å². The molecule has 4 aromatic heterocycles. The summed E-state index contributed by atoms with van der Waals surface area (Å²) < 4.78 is 47.7. The highest BCUT2D eigenvalue weighted by atomic mass is 35.5. The third-order valence-electron chi connectivity index (χ3n) is 5.08. The van der Waals surface area contributed by atoms with Gasteiger partial charge in [-0.3, -0.25) is 4.79 Å². The van der Waals surface area contributed by atoms with Crippen molar-refractivity contribution in [1.82, 2.24) is 34.6 Å². The van der Waals surface area contributed by atoms with Crippen LogP contribution in [0.2, 0.25) is 5.15 Å². The number of fused-ring (bicyclic) bond motifs is 1. The van der Waals surface area contributed by atoms with Crippen molar-refractivity contribution < 1.29 is 22.7 Å². The zero-order valence-electron chi connectivity index (χ0n) is 18.1. The number of halogens is 4. The van der Waals surface area contributed by atoms with Gasteiger partial charge < -0.3 is 4.74 Å². The standard InChI is InChI=1S/C21H19ClF3N7O2/c1-12(11-34-2)19-14(10-26-18-8-17(22)30-31(18)19)7-15(33)5-13-6-16(21(23,24)25)20(27-9-13)32-28-3-4-29-32/h3-4,6,8-10,12H,5,7,11H2,1-2H3/t12-/m1/s1. The van der Waals surface area contributed by atoms with Gasteiger partial charge in [0.05, 0.1) is 24.7 Å². The molecule has 0 aliphatic heterocycles. The molecule has 0 radical (unpaired) electrons. The monoisotopic (exact) mass is 493 g/mol. The SMILES string of the molecule is COC[C@@H](C)c1c(CC(=O)Cc2cnc(-n3nccn3)c(C(F)(F)F)c2)cnc2cc(Cl)nn12. The van der Waals surface area contributed by atoms with E-state index in [9.17, 15) is 18.0 Å². The molecule has 34 heavy (non-hydrogen) atoms. The fourth-order valence-electron chi connectivity index (χ4n) is 3.74. The van der Waals surface area contributed by atoms with Gasteiger partial charge >= 0.3 is 6.18 Å². The predicted octanol–water partition coefficient (Wildman–Crippen LogP) is 3.48. The highest BCUT2D eigenvalue weighted by Crippen LogP contribution is 2.33. The average molecular weight is 494 g/mol. The zero-order valence-corrected chi connectivity index (χ0v) is 18.9. The summed E-state index contributed by atoms with van der Waals surface area (Å²) in [7, 11) is 1.56. The first-order valence-corrected chi connectivity index (χ1v) is 10.5. The molecule has 13 heteroatoms. The lowest BCUT2D eigenvalue weighted by atomic mass is 9.97. The van der Waals surface area contributed by atoms with Gasteiger partial charge in [0.15, 0.2) is 16.6 Å². The van der Waals surface area contributed by atoms with Crippen LogP contribution in [-0.2, 0) is 28.5 Å². The second-order valence-electron chi connectivity index (χ2n) is 7.69. The molecule has 4 heterocycles. The first-order chi connectivity index (χ1) is 16.2. The number of aromatic nitrogens is 7. The van der Waals surface area contributed by atoms with Crippen molar-refractivity contribution in [3.8, 4) is 5.82 Å². The molecule has 0 N–H and O–H groups in total. The highest BCUT2D eigenvalue weighted by Gasteiger charge is 2.36. The molecule has 178 valence electrons. The number of hydrogen-bond donors (Lipinski definition) is 0. The van der Waals surface area contributed by atoms with Crippen LogP contribution in [0.15, 0.2) is 36.9 Å². The maximum Gasteiger partial charge on any atom is 0.420 e. The molecule has 0 unspecified atom stereocenters. The van der Waals surface area contributed by atoms with E-state index in [2.05, 4.69) is 25.3 Å². The quantitative estimate of drug-likeness (QED) is 0.370. The third-order valence-corrected chi connectivity index (χ3v) is 5.26. The predicted molar refractivity (Wildman–Crippen MR) is 115 cm³/mol. The summed E-state index contributed by atoms with van der Waals surface area (Å²) >= 11 is 6.02. The first-order valence-electron chi connectivity index (χ1n) is 10.1. The van der Waals surface area contributed by atoms with Gasteiger partial charge in [0, 0.05) is 44.3 Å². The Morgan fingerprint density at radius 1 is 1.15 bits per heavy atom. The molecular formula is C21H19ClF3N7O2. The lowest BCUT2D eigenvalue weighted by molar-refractivity contribution is -0.138. The minimum absolute atomic E-state index is 0.0619. The zero-order chi connectivity index (χ0) is 24.5. The Bertz CT molecular complexity index is 1320. The normalized spacial score (nSPS) is 12.9. The number of rotatable bonds is 8. The van der Waals surface area contributed by atoms with E-state index in [4.69, 9.17) is 16.3 Å². The van der Waals surface area contributed by atoms with Crippen LogP contribution in [0.25, 0.3) is 11.5 Å². The third kappa shape index (κ3) is 4.92. The number of alkyl halides is 3. The molecule has 0 amide bonds. The van der Waals surface area contributed by atoms with E-state index in [1.165, 1.54) is 18.6 Å². The summed E-state index contributed by atoms with van der Waals surface area (Å²) in [5, 5.41) is 11.9. The maximum absolute atomic E-state index is 13.6. The van der Waals surface area contributed by atoms with Crippen LogP contribution < -0.4 is 0 Å². The van der Waals surface area contributed by atoms with Gasteiger partial charge in [-0.05, 0) is 17.2 Å². The van der Waals surface area contributed by atoms with E-state index in [1.54, 1.807) is 23.9 Å². The molecule has 0 fully saturated rings. The topological polar surface area (TPSA) is 100 Å². The van der Waals surface area contributed by atoms with Crippen molar-refractivity contribution in [2.24, 2.45) is 0 Å². The second kappa shape index (κ2) is 9.47. The summed E-state index contributed by atoms with van der Waals surface area (Å²) in [4.78, 5) is 21.8. The fourth-order valence-corrected chi connectivity index (χ4v) is 3.92. The van der Waals surface area contributed by atoms with Crippen molar-refractivity contribution in [3.63, 3.8) is 0 Å². The summed E-state index contributed by atoms with van der Waals surface area (Å²) in [5.74, 6) is -0.923. The van der Waals surface area contributed by atoms with Crippen molar-refractivity contribution in [2.75, 3.05) is 13.7 Å². The summed E-state index contributed by atoms with van der Waals surface area (Å²) in [5.41, 5.74) is 0.888. The van der Waals surface area contributed by atoms with Crippen LogP contribution in [0.1, 0.15) is 35.2 Å². The van der Waals surface area contributed by atoms with Gasteiger partial charge in [0.25, 0.3) is 0 Å². The van der Waals surface area contributed by atoms with Crippen molar-refractivity contribution in [1.29, 1.82) is 0 Å². The molecule has 4 aromatic rings. The lowest BCUT2D eigenvalue weighted by Gasteiger charge is -2.17. The maximum atomic E-state index is 13.6. The van der Waals surface area contributed by atoms with Crippen molar-refractivity contribution in [2.45, 2.75) is 31.9 Å². The van der Waals surface area contributed by atoms with E-state index < -0.39 is 17.6 Å². The van der Waals surface area contributed by atoms with Crippen molar-refractivity contribution in [3.05, 3.63) is 64.5 Å². The largest absolute Gasteiger partial charge is 0.420 e. The van der Waals surface area contributed by atoms with Crippen LogP contribution in [0, 0.1) is 0 Å². The van der Waals surface area contributed by atoms with Gasteiger partial charge in [-0.1, -0.05) is 18.5 Å². The molecule has 0 spiro atoms. The Kier molecular flexibility index (Phi) is 6.62. The van der Waals surface area contributed by atoms with Crippen LogP contribution in [0.4, 0.5) is 13.2 Å². The van der Waals surface area contributed by atoms with E-state index in [1.807, 2.05) is 6.92 Å². The summed E-state index contributed by atoms with van der Waals surface area (Å²) in [6, 6.07) is 2.49. The van der Waals surface area contributed by atoms with Crippen LogP contribution in [0.5, 0.6) is 0 Å². The van der Waals surface area contributed by atoms with E-state index in [0.29, 0.717) is 23.5 Å². The number of Topliss-reactive ketones (excluding diaryl/α,β-unsaturated/α-hetero) is 1. The Hall–Kier alpha value is -3.38. The fraction of sp³-hybridized carbons (Fsp3) is 0.333. The Morgan fingerprint density at radius 3 is 2.56 bits per heavy atom. The van der Waals surface area contributed by atoms with Gasteiger partial charge in [-0.2, -0.15) is 28.5 Å². The first kappa shape index (κ1) is 23.8. The molecule has 1 atom stereocenters. The molecular weight excluding hydrogens is 475 g/mol. The van der Waals surface area contributed by atoms with Crippen LogP contribution in [-0.4, -0.2) is 54.1 Å². The molecule has 0 saturated heterocycles. The molecule has 0 saturated carbocycles.